The van der Waals surface area contributed by atoms with Crippen LogP contribution in [0.4, 0.5) is 13.2 Å². The lowest BCUT2D eigenvalue weighted by molar-refractivity contribution is 0.102. The highest BCUT2D eigenvalue weighted by Gasteiger charge is 2.19. The van der Waals surface area contributed by atoms with Crippen molar-refractivity contribution in [3.63, 3.8) is 0 Å². The van der Waals surface area contributed by atoms with Gasteiger partial charge in [0.05, 0.1) is 11.8 Å². The Bertz CT molecular complexity index is 608. The number of carbonyl (C=O) groups is 1. The topological polar surface area (TPSA) is 30.0 Å². The van der Waals surface area contributed by atoms with Gasteiger partial charge in [-0.3, -0.25) is 4.79 Å². The van der Waals surface area contributed by atoms with Gasteiger partial charge >= 0.3 is 0 Å². The summed E-state index contributed by atoms with van der Waals surface area (Å²) >= 11 is 0. The average Bonchev–Trinajstić information content (AvgIpc) is 2.36. The third-order valence-corrected chi connectivity index (χ3v) is 2.48. The predicted octanol–water partition coefficient (Wildman–Crippen LogP) is 3.04. The maximum atomic E-state index is 13.6. The zero-order chi connectivity index (χ0) is 13.3. The van der Waals surface area contributed by atoms with Crippen molar-refractivity contribution in [3.8, 4) is 0 Å². The van der Waals surface area contributed by atoms with Crippen LogP contribution >= 0.6 is 0 Å². The molecule has 92 valence electrons. The molecule has 0 aliphatic carbocycles. The first-order valence-corrected chi connectivity index (χ1v) is 5.11. The fraction of sp³-hybridized carbons (Fsp3) is 0.0769. The molecule has 0 amide bonds. The van der Waals surface area contributed by atoms with Gasteiger partial charge in [-0.15, -0.1) is 0 Å². The lowest BCUT2D eigenvalue weighted by Gasteiger charge is -2.04. The zero-order valence-electron chi connectivity index (χ0n) is 9.38. The molecule has 1 heterocycles. The Hall–Kier alpha value is -2.17. The smallest absolute Gasteiger partial charge is 0.214 e. The first-order valence-electron chi connectivity index (χ1n) is 5.11. The van der Waals surface area contributed by atoms with E-state index in [2.05, 4.69) is 4.98 Å². The molecular formula is C13H8F3NO. The van der Waals surface area contributed by atoms with Crippen molar-refractivity contribution in [1.29, 1.82) is 0 Å². The predicted molar refractivity (Wildman–Crippen MR) is 58.7 cm³/mol. The molecule has 0 unspecified atom stereocenters. The Labute approximate surface area is 101 Å². The maximum absolute atomic E-state index is 13.6. The summed E-state index contributed by atoms with van der Waals surface area (Å²) in [7, 11) is 0. The number of aryl methyl sites for hydroxylation is 1. The lowest BCUT2D eigenvalue weighted by Crippen LogP contribution is -2.08. The number of rotatable bonds is 2. The molecule has 0 spiro atoms. The number of aromatic nitrogens is 1. The van der Waals surface area contributed by atoms with Crippen LogP contribution in [-0.4, -0.2) is 10.8 Å². The van der Waals surface area contributed by atoms with Crippen LogP contribution in [0.2, 0.25) is 0 Å². The highest BCUT2D eigenvalue weighted by atomic mass is 19.2. The third kappa shape index (κ3) is 2.11. The van der Waals surface area contributed by atoms with E-state index < -0.39 is 28.8 Å². The first kappa shape index (κ1) is 12.3. The summed E-state index contributed by atoms with van der Waals surface area (Å²) in [5.41, 5.74) is -0.452. The molecule has 1 aromatic heterocycles. The fourth-order valence-electron chi connectivity index (χ4n) is 1.47. The number of benzene rings is 1. The summed E-state index contributed by atoms with van der Waals surface area (Å²) in [4.78, 5) is 15.4. The highest BCUT2D eigenvalue weighted by Crippen LogP contribution is 2.18. The van der Waals surface area contributed by atoms with E-state index in [0.29, 0.717) is 0 Å². The van der Waals surface area contributed by atoms with Gasteiger partial charge in [-0.25, -0.2) is 18.2 Å². The van der Waals surface area contributed by atoms with E-state index in [1.165, 1.54) is 19.1 Å². The van der Waals surface area contributed by atoms with E-state index in [1.54, 1.807) is 0 Å². The molecule has 18 heavy (non-hydrogen) atoms. The molecule has 1 aromatic carbocycles. The van der Waals surface area contributed by atoms with Gasteiger partial charge in [0, 0.05) is 0 Å². The molecule has 0 radical (unpaired) electrons. The van der Waals surface area contributed by atoms with Crippen LogP contribution in [0.15, 0.2) is 30.5 Å². The Morgan fingerprint density at radius 3 is 2.39 bits per heavy atom. The Morgan fingerprint density at radius 2 is 1.78 bits per heavy atom. The van der Waals surface area contributed by atoms with Crippen molar-refractivity contribution < 1.29 is 18.0 Å². The van der Waals surface area contributed by atoms with Crippen molar-refractivity contribution in [1.82, 2.24) is 4.98 Å². The molecule has 0 fully saturated rings. The molecular weight excluding hydrogens is 243 g/mol. The molecule has 2 rings (SSSR count). The van der Waals surface area contributed by atoms with Crippen LogP contribution in [-0.2, 0) is 0 Å². The number of halogens is 3. The van der Waals surface area contributed by atoms with Gasteiger partial charge in [-0.2, -0.15) is 0 Å². The number of ketones is 1. The first-order chi connectivity index (χ1) is 8.50. The third-order valence-electron chi connectivity index (χ3n) is 2.48. The summed E-state index contributed by atoms with van der Waals surface area (Å²) < 4.78 is 39.5. The van der Waals surface area contributed by atoms with Gasteiger partial charge in [0.2, 0.25) is 5.78 Å². The van der Waals surface area contributed by atoms with E-state index in [0.717, 1.165) is 18.3 Å². The van der Waals surface area contributed by atoms with E-state index >= 15 is 0 Å². The minimum absolute atomic E-state index is 0.108. The van der Waals surface area contributed by atoms with Gasteiger partial charge in [0.25, 0.3) is 0 Å². The zero-order valence-corrected chi connectivity index (χ0v) is 9.38. The van der Waals surface area contributed by atoms with Crippen molar-refractivity contribution in [2.24, 2.45) is 0 Å². The van der Waals surface area contributed by atoms with Crippen LogP contribution in [0.25, 0.3) is 0 Å². The van der Waals surface area contributed by atoms with Gasteiger partial charge in [-0.1, -0.05) is 6.07 Å². The normalized spacial score (nSPS) is 10.4. The molecule has 0 atom stereocenters. The summed E-state index contributed by atoms with van der Waals surface area (Å²) in [5, 5.41) is 0. The highest BCUT2D eigenvalue weighted by molar-refractivity contribution is 6.07. The Kier molecular flexibility index (Phi) is 3.14. The number of pyridine rings is 1. The van der Waals surface area contributed by atoms with Crippen LogP contribution in [0.1, 0.15) is 21.6 Å². The Balaban J connectivity index is 2.46. The largest absolute Gasteiger partial charge is 0.287 e. The van der Waals surface area contributed by atoms with Gasteiger partial charge in [0.1, 0.15) is 11.5 Å². The standard InChI is InChI=1S/C13H8F3NO/c1-7-2-4-9(12(16)11(7)15)13(18)10-5-3-8(14)6-17-10/h2-6H,1H3. The van der Waals surface area contributed by atoms with E-state index in [4.69, 9.17) is 0 Å². The SMILES string of the molecule is Cc1ccc(C(=O)c2ccc(F)cn2)c(F)c1F. The van der Waals surface area contributed by atoms with Crippen LogP contribution in [0.5, 0.6) is 0 Å². The average molecular weight is 251 g/mol. The van der Waals surface area contributed by atoms with Crippen LogP contribution in [0.3, 0.4) is 0 Å². The molecule has 2 nitrogen and oxygen atoms in total. The summed E-state index contributed by atoms with van der Waals surface area (Å²) in [6.07, 6.45) is 0.843. The van der Waals surface area contributed by atoms with Gasteiger partial charge in [-0.05, 0) is 30.7 Å². The van der Waals surface area contributed by atoms with Crippen LogP contribution in [0, 0.1) is 24.4 Å². The second-order valence-electron chi connectivity index (χ2n) is 3.75. The molecule has 5 heteroatoms. The van der Waals surface area contributed by atoms with Crippen molar-refractivity contribution in [3.05, 3.63) is 64.7 Å². The molecule has 0 aliphatic rings. The fourth-order valence-corrected chi connectivity index (χ4v) is 1.47. The molecule has 0 saturated heterocycles. The minimum atomic E-state index is -1.22. The maximum Gasteiger partial charge on any atom is 0.214 e. The summed E-state index contributed by atoms with van der Waals surface area (Å²) in [6, 6.07) is 4.63. The monoisotopic (exact) mass is 251 g/mol. The number of carbonyl (C=O) groups excluding carboxylic acids is 1. The van der Waals surface area contributed by atoms with Gasteiger partial charge in [0.15, 0.2) is 11.6 Å². The molecule has 0 N–H and O–H groups in total. The molecule has 2 aromatic rings. The Morgan fingerprint density at radius 1 is 1.06 bits per heavy atom. The van der Waals surface area contributed by atoms with Crippen LogP contribution < -0.4 is 0 Å². The summed E-state index contributed by atoms with van der Waals surface area (Å²) in [5.74, 6) is -3.68. The number of nitrogens with zero attached hydrogens (tertiary/aromatic N) is 1. The molecule has 0 aliphatic heterocycles. The molecule has 0 saturated carbocycles. The number of hydrogen-bond donors (Lipinski definition) is 0. The second kappa shape index (κ2) is 4.60. The second-order valence-corrected chi connectivity index (χ2v) is 3.75. The minimum Gasteiger partial charge on any atom is -0.287 e. The van der Waals surface area contributed by atoms with E-state index in [1.807, 2.05) is 0 Å². The quantitative estimate of drug-likeness (QED) is 0.768. The van der Waals surface area contributed by atoms with Crippen molar-refractivity contribution in [2.75, 3.05) is 0 Å². The van der Waals surface area contributed by atoms with E-state index in [-0.39, 0.29) is 11.3 Å². The van der Waals surface area contributed by atoms with Gasteiger partial charge < -0.3 is 0 Å². The van der Waals surface area contributed by atoms with Crippen molar-refractivity contribution >= 4 is 5.78 Å². The number of hydrogen-bond acceptors (Lipinski definition) is 2. The lowest BCUT2D eigenvalue weighted by atomic mass is 10.0. The summed E-state index contributed by atoms with van der Waals surface area (Å²) in [6.45, 7) is 1.39. The molecule has 0 bridgehead atoms. The van der Waals surface area contributed by atoms with E-state index in [9.17, 15) is 18.0 Å². The van der Waals surface area contributed by atoms with Crippen molar-refractivity contribution in [2.45, 2.75) is 6.92 Å².